The first kappa shape index (κ1) is 15.9. The van der Waals surface area contributed by atoms with Gasteiger partial charge in [0.2, 0.25) is 0 Å². The summed E-state index contributed by atoms with van der Waals surface area (Å²) < 4.78 is 51.0. The number of hydrogen-bond donors (Lipinski definition) is 1. The first-order valence-corrected chi connectivity index (χ1v) is 6.01. The third kappa shape index (κ3) is 5.16. The highest BCUT2D eigenvalue weighted by Gasteiger charge is 2.32. The molecule has 0 radical (unpaired) electrons. The molecule has 0 unspecified atom stereocenters. The van der Waals surface area contributed by atoms with Crippen molar-refractivity contribution in [1.82, 2.24) is 4.90 Å². The number of nitrogens with two attached hydrogens (primary N) is 1. The Morgan fingerprint density at radius 1 is 1.26 bits per heavy atom. The van der Waals surface area contributed by atoms with Gasteiger partial charge >= 0.3 is 6.18 Å². The predicted molar refractivity (Wildman–Crippen MR) is 65.9 cm³/mol. The molecule has 0 aliphatic carbocycles. The van der Waals surface area contributed by atoms with Crippen LogP contribution in [0.3, 0.4) is 0 Å². The molecule has 0 aliphatic rings. The quantitative estimate of drug-likeness (QED) is 0.839. The summed E-state index contributed by atoms with van der Waals surface area (Å²) >= 11 is 0. The highest BCUT2D eigenvalue weighted by atomic mass is 19.4. The molecule has 2 nitrogen and oxygen atoms in total. The van der Waals surface area contributed by atoms with Gasteiger partial charge in [-0.2, -0.15) is 13.2 Å². The van der Waals surface area contributed by atoms with Gasteiger partial charge in [0.1, 0.15) is 5.82 Å². The molecule has 0 bridgehead atoms. The predicted octanol–water partition coefficient (Wildman–Crippen LogP) is 3.06. The fourth-order valence-electron chi connectivity index (χ4n) is 1.75. The van der Waals surface area contributed by atoms with E-state index in [1.165, 1.54) is 23.1 Å². The fraction of sp³-hybridized carbons (Fsp3) is 0.538. The third-order valence-electron chi connectivity index (χ3n) is 2.83. The van der Waals surface area contributed by atoms with Crippen molar-refractivity contribution in [2.75, 3.05) is 6.54 Å². The molecule has 0 saturated heterocycles. The van der Waals surface area contributed by atoms with E-state index in [0.29, 0.717) is 5.56 Å². The molecule has 0 atom stereocenters. The highest BCUT2D eigenvalue weighted by molar-refractivity contribution is 5.25. The fourth-order valence-corrected chi connectivity index (χ4v) is 1.75. The smallest absolute Gasteiger partial charge is 0.326 e. The van der Waals surface area contributed by atoms with Crippen molar-refractivity contribution in [3.05, 3.63) is 35.1 Å². The molecule has 1 aromatic carbocycles. The second-order valence-electron chi connectivity index (χ2n) is 4.74. The van der Waals surface area contributed by atoms with Crippen LogP contribution in [0, 0.1) is 5.82 Å². The Kier molecular flexibility index (Phi) is 5.31. The number of alkyl halides is 3. The molecule has 0 saturated carbocycles. The molecule has 0 fully saturated rings. The Balaban J connectivity index is 2.90. The molecule has 0 amide bonds. The highest BCUT2D eigenvalue weighted by Crippen LogP contribution is 2.21. The Bertz CT molecular complexity index is 416. The van der Waals surface area contributed by atoms with Gasteiger partial charge < -0.3 is 5.73 Å². The van der Waals surface area contributed by atoms with Gasteiger partial charge in [0, 0.05) is 24.7 Å². The van der Waals surface area contributed by atoms with Crippen LogP contribution >= 0.6 is 0 Å². The molecular formula is C13H18F4N2. The van der Waals surface area contributed by atoms with Gasteiger partial charge in [0.25, 0.3) is 0 Å². The van der Waals surface area contributed by atoms with E-state index in [4.69, 9.17) is 5.73 Å². The standard InChI is InChI=1S/C13H18F4N2/c1-9(2)19(8-13(15,16)17)7-11-5-10(6-18)3-4-12(11)14/h3-5,9H,6-8,18H2,1-2H3. The average molecular weight is 278 g/mol. The van der Waals surface area contributed by atoms with Gasteiger partial charge in [-0.3, -0.25) is 4.90 Å². The van der Waals surface area contributed by atoms with E-state index in [-0.39, 0.29) is 24.7 Å². The van der Waals surface area contributed by atoms with Crippen LogP contribution in [-0.2, 0) is 13.1 Å². The van der Waals surface area contributed by atoms with E-state index in [9.17, 15) is 17.6 Å². The van der Waals surface area contributed by atoms with Crippen molar-refractivity contribution < 1.29 is 17.6 Å². The number of halogens is 4. The topological polar surface area (TPSA) is 29.3 Å². The van der Waals surface area contributed by atoms with Crippen LogP contribution in [0.2, 0.25) is 0 Å². The lowest BCUT2D eigenvalue weighted by molar-refractivity contribution is -0.151. The lowest BCUT2D eigenvalue weighted by Gasteiger charge is -2.27. The monoisotopic (exact) mass is 278 g/mol. The maximum Gasteiger partial charge on any atom is 0.401 e. The molecule has 0 aliphatic heterocycles. The van der Waals surface area contributed by atoms with Gasteiger partial charge in [0.05, 0.1) is 6.54 Å². The lowest BCUT2D eigenvalue weighted by Crippen LogP contribution is -2.38. The van der Waals surface area contributed by atoms with Crippen LogP contribution in [0.1, 0.15) is 25.0 Å². The molecule has 0 aromatic heterocycles. The van der Waals surface area contributed by atoms with Gasteiger partial charge in [-0.25, -0.2) is 4.39 Å². The number of benzene rings is 1. The van der Waals surface area contributed by atoms with E-state index in [1.54, 1.807) is 13.8 Å². The Labute approximate surface area is 110 Å². The zero-order valence-corrected chi connectivity index (χ0v) is 11.0. The normalized spacial score (nSPS) is 12.5. The first-order chi connectivity index (χ1) is 8.73. The molecule has 108 valence electrons. The second-order valence-corrected chi connectivity index (χ2v) is 4.74. The number of hydrogen-bond acceptors (Lipinski definition) is 2. The van der Waals surface area contributed by atoms with Crippen LogP contribution in [0.15, 0.2) is 18.2 Å². The summed E-state index contributed by atoms with van der Waals surface area (Å²) in [4.78, 5) is 1.18. The zero-order valence-electron chi connectivity index (χ0n) is 11.0. The van der Waals surface area contributed by atoms with E-state index >= 15 is 0 Å². The molecule has 2 N–H and O–H groups in total. The number of rotatable bonds is 5. The summed E-state index contributed by atoms with van der Waals surface area (Å²) in [5.74, 6) is -0.509. The Morgan fingerprint density at radius 3 is 2.37 bits per heavy atom. The molecule has 19 heavy (non-hydrogen) atoms. The SMILES string of the molecule is CC(C)N(Cc1cc(CN)ccc1F)CC(F)(F)F. The van der Waals surface area contributed by atoms with Crippen LogP contribution < -0.4 is 5.73 Å². The molecule has 1 rings (SSSR count). The zero-order chi connectivity index (χ0) is 14.6. The minimum atomic E-state index is -4.30. The van der Waals surface area contributed by atoms with Gasteiger partial charge in [-0.15, -0.1) is 0 Å². The molecule has 6 heteroatoms. The van der Waals surface area contributed by atoms with Crippen LogP contribution in [0.25, 0.3) is 0 Å². The van der Waals surface area contributed by atoms with E-state index in [0.717, 1.165) is 0 Å². The van der Waals surface area contributed by atoms with Gasteiger partial charge in [0.15, 0.2) is 0 Å². The summed E-state index contributed by atoms with van der Waals surface area (Å²) in [6.45, 7) is 2.38. The van der Waals surface area contributed by atoms with Crippen LogP contribution in [0.4, 0.5) is 17.6 Å². The van der Waals surface area contributed by atoms with E-state index < -0.39 is 18.5 Å². The molecule has 1 aromatic rings. The third-order valence-corrected chi connectivity index (χ3v) is 2.83. The van der Waals surface area contributed by atoms with E-state index in [1.807, 2.05) is 0 Å². The minimum Gasteiger partial charge on any atom is -0.326 e. The first-order valence-electron chi connectivity index (χ1n) is 6.01. The Hall–Kier alpha value is -1.14. The number of nitrogens with zero attached hydrogens (tertiary/aromatic N) is 1. The maximum atomic E-state index is 13.6. The summed E-state index contributed by atoms with van der Waals surface area (Å²) in [5, 5.41) is 0. The summed E-state index contributed by atoms with van der Waals surface area (Å²) in [6, 6.07) is 3.95. The summed E-state index contributed by atoms with van der Waals surface area (Å²) in [6.07, 6.45) is -4.30. The van der Waals surface area contributed by atoms with Crippen molar-refractivity contribution >= 4 is 0 Å². The second kappa shape index (κ2) is 6.34. The van der Waals surface area contributed by atoms with Crippen LogP contribution in [0.5, 0.6) is 0 Å². The van der Waals surface area contributed by atoms with E-state index in [2.05, 4.69) is 0 Å². The Morgan fingerprint density at radius 2 is 1.89 bits per heavy atom. The van der Waals surface area contributed by atoms with Crippen molar-refractivity contribution in [3.63, 3.8) is 0 Å². The maximum absolute atomic E-state index is 13.6. The van der Waals surface area contributed by atoms with Crippen molar-refractivity contribution in [2.24, 2.45) is 5.73 Å². The van der Waals surface area contributed by atoms with Gasteiger partial charge in [-0.1, -0.05) is 12.1 Å². The molecular weight excluding hydrogens is 260 g/mol. The van der Waals surface area contributed by atoms with Crippen molar-refractivity contribution in [1.29, 1.82) is 0 Å². The largest absolute Gasteiger partial charge is 0.401 e. The average Bonchev–Trinajstić information content (AvgIpc) is 2.29. The minimum absolute atomic E-state index is 0.0865. The molecule has 0 heterocycles. The lowest BCUT2D eigenvalue weighted by atomic mass is 10.1. The van der Waals surface area contributed by atoms with Crippen molar-refractivity contribution in [2.45, 2.75) is 39.2 Å². The van der Waals surface area contributed by atoms with Crippen molar-refractivity contribution in [3.8, 4) is 0 Å². The molecule has 0 spiro atoms. The van der Waals surface area contributed by atoms with Crippen LogP contribution in [-0.4, -0.2) is 23.7 Å². The van der Waals surface area contributed by atoms with Gasteiger partial charge in [-0.05, 0) is 25.5 Å². The summed E-state index contributed by atoms with van der Waals surface area (Å²) in [5.41, 5.74) is 6.38. The summed E-state index contributed by atoms with van der Waals surface area (Å²) in [7, 11) is 0.